The Labute approximate surface area is 69.5 Å². The van der Waals surface area contributed by atoms with E-state index >= 15 is 0 Å². The maximum absolute atomic E-state index is 5.49. The molecule has 2 nitrogen and oxygen atoms in total. The van der Waals surface area contributed by atoms with Gasteiger partial charge in [-0.25, -0.2) is 0 Å². The third kappa shape index (κ3) is 2.57. The number of nitrogens with zero attached hydrogens (tertiary/aromatic N) is 1. The Bertz CT molecular complexity index is 216. The van der Waals surface area contributed by atoms with Crippen molar-refractivity contribution in [3.05, 3.63) is 23.3 Å². The Kier molecular flexibility index (Phi) is 3.47. The predicted octanol–water partition coefficient (Wildman–Crippen LogP) is 1.45. The van der Waals surface area contributed by atoms with Gasteiger partial charge < -0.3 is 5.73 Å². The van der Waals surface area contributed by atoms with E-state index in [1.807, 2.05) is 6.21 Å². The molecule has 1 rings (SSSR count). The quantitative estimate of drug-likeness (QED) is 0.378. The first-order chi connectivity index (χ1) is 5.36. The molecule has 1 atom stereocenters. The zero-order valence-corrected chi connectivity index (χ0v) is 7.61. The van der Waals surface area contributed by atoms with E-state index in [9.17, 15) is 0 Å². The molecule has 0 aromatic rings. The highest BCUT2D eigenvalue weighted by atomic mass is 31.0. The molecule has 0 aromatic heterocycles. The molecule has 0 fully saturated rings. The van der Waals surface area contributed by atoms with Crippen LogP contribution in [0, 0.1) is 0 Å². The van der Waals surface area contributed by atoms with Crippen LogP contribution in [0.5, 0.6) is 0 Å². The Hall–Kier alpha value is -0.460. The highest BCUT2D eigenvalue weighted by Crippen LogP contribution is 2.14. The van der Waals surface area contributed by atoms with E-state index in [2.05, 4.69) is 26.3 Å². The molecule has 3 heteroatoms. The lowest BCUT2D eigenvalue weighted by molar-refractivity contribution is 1.01. The monoisotopic (exact) mass is 168 g/mol. The van der Waals surface area contributed by atoms with Crippen LogP contribution in [0.15, 0.2) is 28.1 Å². The Morgan fingerprint density at radius 2 is 2.36 bits per heavy atom. The van der Waals surface area contributed by atoms with Gasteiger partial charge in [-0.1, -0.05) is 17.7 Å². The second-order valence-corrected chi connectivity index (χ2v) is 2.83. The number of rotatable bonds is 2. The Balaban J connectivity index is 2.50. The van der Waals surface area contributed by atoms with Gasteiger partial charge in [0.2, 0.25) is 0 Å². The molecule has 0 saturated carbocycles. The number of hydrogen-bond donors (Lipinski definition) is 1. The van der Waals surface area contributed by atoms with Crippen molar-refractivity contribution in [3.63, 3.8) is 0 Å². The molecule has 0 bridgehead atoms. The fourth-order valence-corrected chi connectivity index (χ4v) is 1.25. The van der Waals surface area contributed by atoms with Crippen molar-refractivity contribution in [3.8, 4) is 0 Å². The maximum atomic E-state index is 5.49. The minimum atomic E-state index is 0.682. The van der Waals surface area contributed by atoms with Gasteiger partial charge in [0.15, 0.2) is 0 Å². The average Bonchev–Trinajstić information content (AvgIpc) is 2.07. The summed E-state index contributed by atoms with van der Waals surface area (Å²) in [5.41, 5.74) is 8.09. The van der Waals surface area contributed by atoms with Crippen molar-refractivity contribution in [2.75, 3.05) is 6.54 Å². The summed E-state index contributed by atoms with van der Waals surface area (Å²) in [5.74, 6) is 0. The summed E-state index contributed by atoms with van der Waals surface area (Å²) < 4.78 is 3.87. The van der Waals surface area contributed by atoms with Crippen LogP contribution in [0.3, 0.4) is 0 Å². The van der Waals surface area contributed by atoms with Crippen molar-refractivity contribution in [2.45, 2.75) is 12.8 Å². The average molecular weight is 168 g/mol. The highest BCUT2D eigenvalue weighted by molar-refractivity contribution is 7.15. The summed E-state index contributed by atoms with van der Waals surface area (Å²) in [4.78, 5) is 0. The van der Waals surface area contributed by atoms with Gasteiger partial charge in [0, 0.05) is 12.8 Å². The SMILES string of the molecule is NCC1=CCC(C=NP)=CC1. The van der Waals surface area contributed by atoms with Gasteiger partial charge in [-0.05, 0) is 27.8 Å². The Morgan fingerprint density at radius 3 is 2.82 bits per heavy atom. The maximum Gasteiger partial charge on any atom is 0.0282 e. The molecule has 0 saturated heterocycles. The fourth-order valence-electron chi connectivity index (χ4n) is 1.06. The van der Waals surface area contributed by atoms with Crippen LogP contribution in [0.4, 0.5) is 0 Å². The molecule has 2 N–H and O–H groups in total. The molecular formula is C8H13N2P. The van der Waals surface area contributed by atoms with E-state index in [0.29, 0.717) is 6.54 Å². The highest BCUT2D eigenvalue weighted by Gasteiger charge is 2.00. The molecule has 0 aromatic carbocycles. The first-order valence-corrected chi connectivity index (χ1v) is 4.18. The van der Waals surface area contributed by atoms with Crippen LogP contribution in [0.25, 0.3) is 0 Å². The van der Waals surface area contributed by atoms with E-state index in [4.69, 9.17) is 5.73 Å². The largest absolute Gasteiger partial charge is 0.327 e. The van der Waals surface area contributed by atoms with Gasteiger partial charge in [-0.2, -0.15) is 0 Å². The third-order valence-electron chi connectivity index (χ3n) is 1.76. The van der Waals surface area contributed by atoms with Crippen LogP contribution in [-0.4, -0.2) is 12.8 Å². The second kappa shape index (κ2) is 4.42. The van der Waals surface area contributed by atoms with Crippen LogP contribution >= 0.6 is 9.39 Å². The molecule has 60 valence electrons. The topological polar surface area (TPSA) is 38.4 Å². The van der Waals surface area contributed by atoms with Crippen molar-refractivity contribution >= 4 is 15.6 Å². The first-order valence-electron chi connectivity index (χ1n) is 3.67. The molecule has 1 aliphatic rings. The van der Waals surface area contributed by atoms with Gasteiger partial charge in [-0.15, -0.1) is 0 Å². The third-order valence-corrected chi connectivity index (χ3v) is 1.90. The number of allylic oxidation sites excluding steroid dienone is 3. The molecule has 0 amide bonds. The summed E-state index contributed by atoms with van der Waals surface area (Å²) in [6.07, 6.45) is 8.19. The lowest BCUT2D eigenvalue weighted by Crippen LogP contribution is -2.05. The number of hydrogen-bond acceptors (Lipinski definition) is 2. The van der Waals surface area contributed by atoms with E-state index in [-0.39, 0.29) is 0 Å². The van der Waals surface area contributed by atoms with Crippen molar-refractivity contribution in [2.24, 2.45) is 10.5 Å². The van der Waals surface area contributed by atoms with Crippen LogP contribution in [0.1, 0.15) is 12.8 Å². The first kappa shape index (κ1) is 8.63. The summed E-state index contributed by atoms with van der Waals surface area (Å²) >= 11 is 0. The molecule has 1 aliphatic carbocycles. The lowest BCUT2D eigenvalue weighted by Gasteiger charge is -2.08. The zero-order valence-electron chi connectivity index (χ0n) is 6.46. The zero-order chi connectivity index (χ0) is 8.10. The predicted molar refractivity (Wildman–Crippen MR) is 52.7 cm³/mol. The fraction of sp³-hybridized carbons (Fsp3) is 0.375. The molecule has 0 heterocycles. The van der Waals surface area contributed by atoms with Crippen LogP contribution in [-0.2, 0) is 0 Å². The molecule has 0 radical (unpaired) electrons. The van der Waals surface area contributed by atoms with Crippen molar-refractivity contribution in [1.29, 1.82) is 0 Å². The van der Waals surface area contributed by atoms with Crippen molar-refractivity contribution < 1.29 is 0 Å². The van der Waals surface area contributed by atoms with Crippen LogP contribution < -0.4 is 5.73 Å². The summed E-state index contributed by atoms with van der Waals surface area (Å²) in [5, 5.41) is 0. The van der Waals surface area contributed by atoms with E-state index < -0.39 is 0 Å². The van der Waals surface area contributed by atoms with Gasteiger partial charge in [-0.3, -0.25) is 4.76 Å². The summed E-state index contributed by atoms with van der Waals surface area (Å²) in [6.45, 7) is 0.682. The van der Waals surface area contributed by atoms with Gasteiger partial charge in [0.1, 0.15) is 0 Å². The minimum Gasteiger partial charge on any atom is -0.327 e. The molecule has 0 spiro atoms. The number of nitrogens with two attached hydrogens (primary N) is 1. The Morgan fingerprint density at radius 1 is 1.55 bits per heavy atom. The van der Waals surface area contributed by atoms with E-state index in [0.717, 1.165) is 12.8 Å². The lowest BCUT2D eigenvalue weighted by atomic mass is 10.0. The summed E-state index contributed by atoms with van der Waals surface area (Å²) in [6, 6.07) is 0. The smallest absolute Gasteiger partial charge is 0.0282 e. The second-order valence-electron chi connectivity index (χ2n) is 2.53. The van der Waals surface area contributed by atoms with Gasteiger partial charge >= 0.3 is 0 Å². The molecule has 0 aliphatic heterocycles. The summed E-state index contributed by atoms with van der Waals surface area (Å²) in [7, 11) is 2.33. The van der Waals surface area contributed by atoms with Gasteiger partial charge in [0.05, 0.1) is 0 Å². The molecule has 1 unspecified atom stereocenters. The van der Waals surface area contributed by atoms with Crippen molar-refractivity contribution in [1.82, 2.24) is 0 Å². The molecular weight excluding hydrogens is 155 g/mol. The van der Waals surface area contributed by atoms with E-state index in [1.165, 1.54) is 11.1 Å². The van der Waals surface area contributed by atoms with E-state index in [1.54, 1.807) is 0 Å². The van der Waals surface area contributed by atoms with Gasteiger partial charge in [0.25, 0.3) is 0 Å². The van der Waals surface area contributed by atoms with Crippen LogP contribution in [0.2, 0.25) is 0 Å². The standard InChI is InChI=1S/C8H13N2P/c9-5-7-1-3-8(4-2-7)6-10-11/h1,4,6H,2-3,5,9,11H2. The minimum absolute atomic E-state index is 0.682. The normalized spacial score (nSPS) is 18.4. The molecule has 11 heavy (non-hydrogen) atoms.